The summed E-state index contributed by atoms with van der Waals surface area (Å²) in [5.41, 5.74) is 1.29. The molecule has 0 saturated heterocycles. The minimum Gasteiger partial charge on any atom is -0.370 e. The van der Waals surface area contributed by atoms with Gasteiger partial charge in [-0.3, -0.25) is 0 Å². The summed E-state index contributed by atoms with van der Waals surface area (Å²) in [6, 6.07) is 12.4. The van der Waals surface area contributed by atoms with Gasteiger partial charge in [-0.15, -0.1) is 0 Å². The molecule has 0 aliphatic heterocycles. The minimum atomic E-state index is 0.861. The third kappa shape index (κ3) is 3.68. The predicted molar refractivity (Wildman–Crippen MR) is 79.4 cm³/mol. The Kier molecular flexibility index (Phi) is 4.72. The van der Waals surface area contributed by atoms with Crippen molar-refractivity contribution in [2.24, 2.45) is 0 Å². The number of hydrogen-bond donors (Lipinski definition) is 1. The summed E-state index contributed by atoms with van der Waals surface area (Å²) in [6.07, 6.45) is 1.61. The maximum atomic E-state index is 4.36. The van der Waals surface area contributed by atoms with Crippen LogP contribution in [0.3, 0.4) is 0 Å². The van der Waals surface area contributed by atoms with Crippen LogP contribution in [0.1, 0.15) is 19.4 Å². The number of rotatable bonds is 6. The second-order valence-corrected chi connectivity index (χ2v) is 4.29. The molecule has 0 atom stereocenters. The van der Waals surface area contributed by atoms with Crippen molar-refractivity contribution in [3.8, 4) is 0 Å². The van der Waals surface area contributed by atoms with Gasteiger partial charge in [0.25, 0.3) is 0 Å². The Bertz CT molecular complexity index is 499. The lowest BCUT2D eigenvalue weighted by Crippen LogP contribution is -2.23. The molecule has 0 aliphatic rings. The smallest absolute Gasteiger partial charge is 0.134 e. The first kappa shape index (κ1) is 13.3. The molecule has 4 nitrogen and oxygen atoms in total. The fourth-order valence-electron chi connectivity index (χ4n) is 1.96. The summed E-state index contributed by atoms with van der Waals surface area (Å²) in [5, 5.41) is 3.21. The molecular weight excluding hydrogens is 236 g/mol. The summed E-state index contributed by atoms with van der Waals surface area (Å²) >= 11 is 0. The molecular formula is C15H20N4. The van der Waals surface area contributed by atoms with Gasteiger partial charge in [0.1, 0.15) is 18.0 Å². The van der Waals surface area contributed by atoms with Crippen LogP contribution in [0.2, 0.25) is 0 Å². The highest BCUT2D eigenvalue weighted by Crippen LogP contribution is 2.16. The van der Waals surface area contributed by atoms with Crippen LogP contribution in [0, 0.1) is 0 Å². The Morgan fingerprint density at radius 1 is 1.11 bits per heavy atom. The molecule has 100 valence electrons. The van der Waals surface area contributed by atoms with Crippen molar-refractivity contribution in [1.29, 1.82) is 0 Å². The van der Waals surface area contributed by atoms with Crippen molar-refractivity contribution < 1.29 is 0 Å². The number of nitrogens with zero attached hydrogens (tertiary/aromatic N) is 3. The van der Waals surface area contributed by atoms with Gasteiger partial charge in [-0.2, -0.15) is 0 Å². The van der Waals surface area contributed by atoms with Crippen LogP contribution in [0.5, 0.6) is 0 Å². The van der Waals surface area contributed by atoms with E-state index in [-0.39, 0.29) is 0 Å². The van der Waals surface area contributed by atoms with Gasteiger partial charge in [-0.05, 0) is 19.4 Å². The molecule has 2 aromatic rings. The maximum absolute atomic E-state index is 4.36. The highest BCUT2D eigenvalue weighted by Gasteiger charge is 2.07. The number of anilines is 2. The second-order valence-electron chi connectivity index (χ2n) is 4.29. The van der Waals surface area contributed by atoms with Crippen LogP contribution in [0.15, 0.2) is 42.7 Å². The zero-order chi connectivity index (χ0) is 13.5. The lowest BCUT2D eigenvalue weighted by Gasteiger charge is -2.22. The van der Waals surface area contributed by atoms with Crippen molar-refractivity contribution in [1.82, 2.24) is 9.97 Å². The fourth-order valence-corrected chi connectivity index (χ4v) is 1.96. The SMILES string of the molecule is CCNc1cc(N(CC)Cc2ccccc2)ncn1. The van der Waals surface area contributed by atoms with E-state index < -0.39 is 0 Å². The molecule has 1 aromatic carbocycles. The van der Waals surface area contributed by atoms with Crippen molar-refractivity contribution in [3.63, 3.8) is 0 Å². The zero-order valence-corrected chi connectivity index (χ0v) is 11.5. The van der Waals surface area contributed by atoms with E-state index >= 15 is 0 Å². The Hall–Kier alpha value is -2.10. The minimum absolute atomic E-state index is 0.861. The van der Waals surface area contributed by atoms with Gasteiger partial charge in [-0.25, -0.2) is 9.97 Å². The quantitative estimate of drug-likeness (QED) is 0.862. The zero-order valence-electron chi connectivity index (χ0n) is 11.5. The molecule has 0 saturated carbocycles. The third-order valence-corrected chi connectivity index (χ3v) is 2.93. The highest BCUT2D eigenvalue weighted by molar-refractivity contribution is 5.48. The van der Waals surface area contributed by atoms with Gasteiger partial charge < -0.3 is 10.2 Å². The van der Waals surface area contributed by atoms with Crippen LogP contribution in [0.4, 0.5) is 11.6 Å². The molecule has 0 bridgehead atoms. The molecule has 2 rings (SSSR count). The van der Waals surface area contributed by atoms with Gasteiger partial charge in [0.2, 0.25) is 0 Å². The monoisotopic (exact) mass is 256 g/mol. The van der Waals surface area contributed by atoms with Crippen molar-refractivity contribution in [3.05, 3.63) is 48.3 Å². The molecule has 4 heteroatoms. The van der Waals surface area contributed by atoms with Crippen LogP contribution in [-0.4, -0.2) is 23.1 Å². The molecule has 0 radical (unpaired) electrons. The van der Waals surface area contributed by atoms with E-state index in [0.29, 0.717) is 0 Å². The summed E-state index contributed by atoms with van der Waals surface area (Å²) in [7, 11) is 0. The van der Waals surface area contributed by atoms with Gasteiger partial charge in [-0.1, -0.05) is 30.3 Å². The Morgan fingerprint density at radius 3 is 2.58 bits per heavy atom. The van der Waals surface area contributed by atoms with Crippen molar-refractivity contribution in [2.45, 2.75) is 20.4 Å². The van der Waals surface area contributed by atoms with Crippen molar-refractivity contribution >= 4 is 11.6 Å². The van der Waals surface area contributed by atoms with Gasteiger partial charge in [0.05, 0.1) is 0 Å². The largest absolute Gasteiger partial charge is 0.370 e. The molecule has 1 aromatic heterocycles. The first-order chi connectivity index (χ1) is 9.33. The Balaban J connectivity index is 2.15. The molecule has 19 heavy (non-hydrogen) atoms. The lowest BCUT2D eigenvalue weighted by molar-refractivity contribution is 0.810. The van der Waals surface area contributed by atoms with Crippen LogP contribution in [0.25, 0.3) is 0 Å². The summed E-state index contributed by atoms with van der Waals surface area (Å²) < 4.78 is 0. The highest BCUT2D eigenvalue weighted by atomic mass is 15.2. The Morgan fingerprint density at radius 2 is 1.89 bits per heavy atom. The first-order valence-electron chi connectivity index (χ1n) is 6.68. The molecule has 0 fully saturated rings. The van der Waals surface area contributed by atoms with E-state index in [2.05, 4.69) is 58.3 Å². The fraction of sp³-hybridized carbons (Fsp3) is 0.333. The Labute approximate surface area is 114 Å². The first-order valence-corrected chi connectivity index (χ1v) is 6.68. The average Bonchev–Trinajstić information content (AvgIpc) is 2.46. The molecule has 0 aliphatic carbocycles. The normalized spacial score (nSPS) is 10.2. The van der Waals surface area contributed by atoms with E-state index in [4.69, 9.17) is 0 Å². The number of hydrogen-bond acceptors (Lipinski definition) is 4. The number of benzene rings is 1. The number of aromatic nitrogens is 2. The molecule has 1 N–H and O–H groups in total. The molecule has 0 spiro atoms. The third-order valence-electron chi connectivity index (χ3n) is 2.93. The maximum Gasteiger partial charge on any atom is 0.134 e. The summed E-state index contributed by atoms with van der Waals surface area (Å²) in [6.45, 7) is 6.83. The van der Waals surface area contributed by atoms with E-state index in [1.54, 1.807) is 6.33 Å². The van der Waals surface area contributed by atoms with E-state index in [1.165, 1.54) is 5.56 Å². The van der Waals surface area contributed by atoms with Crippen LogP contribution < -0.4 is 10.2 Å². The number of nitrogens with one attached hydrogen (secondary N) is 1. The molecule has 0 amide bonds. The van der Waals surface area contributed by atoms with Gasteiger partial charge in [0.15, 0.2) is 0 Å². The summed E-state index contributed by atoms with van der Waals surface area (Å²) in [4.78, 5) is 10.8. The standard InChI is InChI=1S/C15H20N4/c1-3-16-14-10-15(18-12-17-14)19(4-2)11-13-8-6-5-7-9-13/h5-10,12H,3-4,11H2,1-2H3,(H,16,17,18). The molecule has 1 heterocycles. The molecule has 0 unspecified atom stereocenters. The lowest BCUT2D eigenvalue weighted by atomic mass is 10.2. The second kappa shape index (κ2) is 6.73. The van der Waals surface area contributed by atoms with Crippen LogP contribution >= 0.6 is 0 Å². The summed E-state index contributed by atoms with van der Waals surface area (Å²) in [5.74, 6) is 1.83. The van der Waals surface area contributed by atoms with Crippen LogP contribution in [-0.2, 0) is 6.54 Å². The van der Waals surface area contributed by atoms with E-state index in [1.807, 2.05) is 12.1 Å². The van der Waals surface area contributed by atoms with Gasteiger partial charge >= 0.3 is 0 Å². The van der Waals surface area contributed by atoms with Gasteiger partial charge in [0, 0.05) is 25.7 Å². The van der Waals surface area contributed by atoms with E-state index in [0.717, 1.165) is 31.3 Å². The van der Waals surface area contributed by atoms with Crippen molar-refractivity contribution in [2.75, 3.05) is 23.3 Å². The predicted octanol–water partition coefficient (Wildman–Crippen LogP) is 2.93. The average molecular weight is 256 g/mol. The van der Waals surface area contributed by atoms with E-state index in [9.17, 15) is 0 Å². The topological polar surface area (TPSA) is 41.0 Å².